The fourth-order valence-corrected chi connectivity index (χ4v) is 2.66. The van der Waals surface area contributed by atoms with Crippen LogP contribution in [0.25, 0.3) is 0 Å². The van der Waals surface area contributed by atoms with Gasteiger partial charge in [0.25, 0.3) is 0 Å². The van der Waals surface area contributed by atoms with Gasteiger partial charge in [-0.25, -0.2) is 0 Å². The molecule has 1 aromatic carbocycles. The summed E-state index contributed by atoms with van der Waals surface area (Å²) in [6.45, 7) is 3.35. The third-order valence-corrected chi connectivity index (χ3v) is 4.39. The van der Waals surface area contributed by atoms with E-state index in [-0.39, 0.29) is 18.6 Å². The molecule has 0 radical (unpaired) electrons. The predicted octanol–water partition coefficient (Wildman–Crippen LogP) is 2.15. The number of nitrogens with one attached hydrogen (secondary N) is 1. The first-order chi connectivity index (χ1) is 9.10. The first-order valence-corrected chi connectivity index (χ1v) is 7.30. The van der Waals surface area contributed by atoms with Crippen LogP contribution in [-0.2, 0) is 4.79 Å². The van der Waals surface area contributed by atoms with Crippen LogP contribution in [0.1, 0.15) is 18.4 Å². The molecule has 1 amide bonds. The lowest BCUT2D eigenvalue weighted by molar-refractivity contribution is -0.117. The highest BCUT2D eigenvalue weighted by molar-refractivity contribution is 9.10. The molecule has 1 aliphatic heterocycles. The number of amides is 1. The van der Waals surface area contributed by atoms with E-state index in [0.717, 1.165) is 35.1 Å². The van der Waals surface area contributed by atoms with E-state index < -0.39 is 0 Å². The molecule has 2 N–H and O–H groups in total. The van der Waals surface area contributed by atoms with Crippen molar-refractivity contribution in [3.05, 3.63) is 28.2 Å². The van der Waals surface area contributed by atoms with Crippen LogP contribution in [0.15, 0.2) is 22.7 Å². The van der Waals surface area contributed by atoms with Gasteiger partial charge in [0.15, 0.2) is 0 Å². The van der Waals surface area contributed by atoms with Crippen LogP contribution in [0.3, 0.4) is 0 Å². The Hall–Kier alpha value is -0.910. The maximum absolute atomic E-state index is 12.0. The maximum atomic E-state index is 12.0. The van der Waals surface area contributed by atoms with Gasteiger partial charge in [-0.15, -0.1) is 0 Å². The van der Waals surface area contributed by atoms with E-state index in [4.69, 9.17) is 0 Å². The SMILES string of the molecule is Cc1cc(NC(=O)CN2CCC[C@@H]2CO)ccc1Br. The predicted molar refractivity (Wildman–Crippen MR) is 79.2 cm³/mol. The van der Waals surface area contributed by atoms with Gasteiger partial charge in [0.2, 0.25) is 5.91 Å². The molecule has 0 unspecified atom stereocenters. The molecule has 0 aliphatic carbocycles. The van der Waals surface area contributed by atoms with E-state index >= 15 is 0 Å². The van der Waals surface area contributed by atoms with Crippen LogP contribution in [-0.4, -0.2) is 41.7 Å². The number of halogens is 1. The molecule has 0 spiro atoms. The van der Waals surface area contributed by atoms with Crippen LogP contribution in [0, 0.1) is 6.92 Å². The van der Waals surface area contributed by atoms with Gasteiger partial charge >= 0.3 is 0 Å². The lowest BCUT2D eigenvalue weighted by Crippen LogP contribution is -2.38. The van der Waals surface area contributed by atoms with E-state index in [0.29, 0.717) is 6.54 Å². The molecule has 5 heteroatoms. The van der Waals surface area contributed by atoms with Crippen LogP contribution >= 0.6 is 15.9 Å². The van der Waals surface area contributed by atoms with Gasteiger partial charge in [-0.1, -0.05) is 15.9 Å². The van der Waals surface area contributed by atoms with Crippen LogP contribution in [0.5, 0.6) is 0 Å². The van der Waals surface area contributed by atoms with Gasteiger partial charge in [0.1, 0.15) is 0 Å². The fourth-order valence-electron chi connectivity index (χ4n) is 2.42. The van der Waals surface area contributed by atoms with Crippen molar-refractivity contribution in [2.24, 2.45) is 0 Å². The molecule has 1 heterocycles. The number of carbonyl (C=O) groups excluding carboxylic acids is 1. The number of carbonyl (C=O) groups is 1. The molecule has 1 atom stereocenters. The molecule has 1 saturated heterocycles. The lowest BCUT2D eigenvalue weighted by atomic mass is 10.2. The number of hydrogen-bond donors (Lipinski definition) is 2. The summed E-state index contributed by atoms with van der Waals surface area (Å²) in [6, 6.07) is 5.88. The quantitative estimate of drug-likeness (QED) is 0.891. The van der Waals surface area contributed by atoms with Gasteiger partial charge in [0, 0.05) is 16.2 Å². The van der Waals surface area contributed by atoms with Crippen molar-refractivity contribution in [2.45, 2.75) is 25.8 Å². The fraction of sp³-hybridized carbons (Fsp3) is 0.500. The summed E-state index contributed by atoms with van der Waals surface area (Å²) < 4.78 is 1.03. The largest absolute Gasteiger partial charge is 0.395 e. The van der Waals surface area contributed by atoms with Crippen molar-refractivity contribution in [3.8, 4) is 0 Å². The van der Waals surface area contributed by atoms with E-state index in [1.165, 1.54) is 0 Å². The van der Waals surface area contributed by atoms with E-state index in [1.807, 2.05) is 30.0 Å². The number of aliphatic hydroxyl groups is 1. The molecule has 19 heavy (non-hydrogen) atoms. The van der Waals surface area contributed by atoms with Gasteiger partial charge in [0.05, 0.1) is 13.2 Å². The molecule has 1 aliphatic rings. The van der Waals surface area contributed by atoms with Crippen LogP contribution < -0.4 is 5.32 Å². The highest BCUT2D eigenvalue weighted by atomic mass is 79.9. The van der Waals surface area contributed by atoms with Crippen molar-refractivity contribution in [2.75, 3.05) is 25.0 Å². The number of nitrogens with zero attached hydrogens (tertiary/aromatic N) is 1. The molecular formula is C14H19BrN2O2. The highest BCUT2D eigenvalue weighted by Gasteiger charge is 2.25. The van der Waals surface area contributed by atoms with Crippen LogP contribution in [0.4, 0.5) is 5.69 Å². The Bertz CT molecular complexity index is 465. The topological polar surface area (TPSA) is 52.6 Å². The summed E-state index contributed by atoms with van der Waals surface area (Å²) in [4.78, 5) is 14.0. The van der Waals surface area contributed by atoms with Crippen molar-refractivity contribution < 1.29 is 9.90 Å². The van der Waals surface area contributed by atoms with Crippen molar-refractivity contribution in [1.82, 2.24) is 4.90 Å². The zero-order valence-electron chi connectivity index (χ0n) is 11.0. The summed E-state index contributed by atoms with van der Waals surface area (Å²) in [5.41, 5.74) is 1.90. The molecule has 2 rings (SSSR count). The summed E-state index contributed by atoms with van der Waals surface area (Å²) in [5.74, 6) is -0.0259. The molecule has 1 aromatic rings. The van der Waals surface area contributed by atoms with E-state index in [2.05, 4.69) is 21.2 Å². The molecular weight excluding hydrogens is 308 g/mol. The zero-order chi connectivity index (χ0) is 13.8. The summed E-state index contributed by atoms with van der Waals surface area (Å²) in [5, 5.41) is 12.1. The first-order valence-electron chi connectivity index (χ1n) is 6.51. The summed E-state index contributed by atoms with van der Waals surface area (Å²) >= 11 is 3.44. The number of hydrogen-bond acceptors (Lipinski definition) is 3. The number of aliphatic hydroxyl groups excluding tert-OH is 1. The molecule has 0 saturated carbocycles. The summed E-state index contributed by atoms with van der Waals surface area (Å²) in [7, 11) is 0. The minimum absolute atomic E-state index is 0.0259. The van der Waals surface area contributed by atoms with Crippen molar-refractivity contribution in [1.29, 1.82) is 0 Å². The number of benzene rings is 1. The normalized spacial score (nSPS) is 19.6. The Morgan fingerprint density at radius 3 is 3.05 bits per heavy atom. The Morgan fingerprint density at radius 1 is 1.58 bits per heavy atom. The second kappa shape index (κ2) is 6.50. The van der Waals surface area contributed by atoms with Crippen molar-refractivity contribution in [3.63, 3.8) is 0 Å². The third kappa shape index (κ3) is 3.78. The minimum Gasteiger partial charge on any atom is -0.395 e. The maximum Gasteiger partial charge on any atom is 0.238 e. The van der Waals surface area contributed by atoms with Gasteiger partial charge in [-0.2, -0.15) is 0 Å². The average Bonchev–Trinajstić information content (AvgIpc) is 2.81. The lowest BCUT2D eigenvalue weighted by Gasteiger charge is -2.21. The Balaban J connectivity index is 1.92. The number of aryl methyl sites for hydroxylation is 1. The molecule has 0 aromatic heterocycles. The highest BCUT2D eigenvalue weighted by Crippen LogP contribution is 2.20. The second-order valence-corrected chi connectivity index (χ2v) is 5.82. The van der Waals surface area contributed by atoms with E-state index in [9.17, 15) is 9.90 Å². The molecule has 104 valence electrons. The zero-order valence-corrected chi connectivity index (χ0v) is 12.6. The molecule has 1 fully saturated rings. The number of likely N-dealkylation sites (tertiary alicyclic amines) is 1. The van der Waals surface area contributed by atoms with Gasteiger partial charge in [-0.05, 0) is 50.1 Å². The van der Waals surface area contributed by atoms with Gasteiger partial charge < -0.3 is 10.4 Å². The standard InChI is InChI=1S/C14H19BrN2O2/c1-10-7-11(4-5-13(10)15)16-14(19)8-17-6-2-3-12(17)9-18/h4-5,7,12,18H,2-3,6,8-9H2,1H3,(H,16,19)/t12-/m1/s1. The average molecular weight is 327 g/mol. The van der Waals surface area contributed by atoms with E-state index in [1.54, 1.807) is 0 Å². The monoisotopic (exact) mass is 326 g/mol. The number of anilines is 1. The Kier molecular flexibility index (Phi) is 4.96. The third-order valence-electron chi connectivity index (χ3n) is 3.50. The number of rotatable bonds is 4. The molecule has 0 bridgehead atoms. The minimum atomic E-state index is -0.0259. The van der Waals surface area contributed by atoms with Crippen molar-refractivity contribution >= 4 is 27.5 Å². The Morgan fingerprint density at radius 2 is 2.37 bits per heavy atom. The second-order valence-electron chi connectivity index (χ2n) is 4.96. The first kappa shape index (κ1) is 14.5. The smallest absolute Gasteiger partial charge is 0.238 e. The van der Waals surface area contributed by atoms with Gasteiger partial charge in [-0.3, -0.25) is 9.69 Å². The van der Waals surface area contributed by atoms with Crippen LogP contribution in [0.2, 0.25) is 0 Å². The molecule has 4 nitrogen and oxygen atoms in total. The summed E-state index contributed by atoms with van der Waals surface area (Å²) in [6.07, 6.45) is 2.02. The Labute approximate surface area is 121 Å².